The lowest BCUT2D eigenvalue weighted by molar-refractivity contribution is 0.341. The fourth-order valence-electron chi connectivity index (χ4n) is 2.69. The fraction of sp³-hybridized carbons (Fsp3) is 0.238. The van der Waals surface area contributed by atoms with Gasteiger partial charge in [-0.15, -0.1) is 11.3 Å². The Hall–Kier alpha value is -2.13. The molecule has 0 aliphatic rings. The second-order valence-corrected chi connectivity index (χ2v) is 6.84. The van der Waals surface area contributed by atoms with Gasteiger partial charge in [-0.3, -0.25) is 0 Å². The number of thiophene rings is 1. The summed E-state index contributed by atoms with van der Waals surface area (Å²) >= 11 is 1.68. The number of hydrogen-bond acceptors (Lipinski definition) is 2. The highest BCUT2D eigenvalue weighted by Gasteiger charge is 2.03. The van der Waals surface area contributed by atoms with Crippen molar-refractivity contribution in [2.75, 3.05) is 6.61 Å². The average Bonchev–Trinajstić information content (AvgIpc) is 2.97. The molecule has 0 fully saturated rings. The minimum atomic E-state index is -0.156. The summed E-state index contributed by atoms with van der Waals surface area (Å²) in [6.45, 7) is 4.74. The zero-order valence-corrected chi connectivity index (χ0v) is 14.8. The quantitative estimate of drug-likeness (QED) is 0.493. The van der Waals surface area contributed by atoms with E-state index >= 15 is 0 Å². The van der Waals surface area contributed by atoms with Gasteiger partial charge in [-0.2, -0.15) is 0 Å². The lowest BCUT2D eigenvalue weighted by Crippen LogP contribution is -1.89. The number of halogens is 1. The van der Waals surface area contributed by atoms with E-state index in [1.54, 1.807) is 17.4 Å². The van der Waals surface area contributed by atoms with E-state index in [4.69, 9.17) is 4.74 Å². The first-order valence-electron chi connectivity index (χ1n) is 8.32. The van der Waals surface area contributed by atoms with Crippen LogP contribution in [0.2, 0.25) is 0 Å². The van der Waals surface area contributed by atoms with E-state index in [-0.39, 0.29) is 5.82 Å². The van der Waals surface area contributed by atoms with Crippen LogP contribution in [-0.4, -0.2) is 6.61 Å². The van der Waals surface area contributed by atoms with Gasteiger partial charge in [0.25, 0.3) is 0 Å². The Balaban J connectivity index is 1.82. The summed E-state index contributed by atoms with van der Waals surface area (Å²) in [6.07, 6.45) is 5.77. The van der Waals surface area contributed by atoms with Crippen molar-refractivity contribution in [1.29, 1.82) is 0 Å². The minimum absolute atomic E-state index is 0.156. The van der Waals surface area contributed by atoms with E-state index in [9.17, 15) is 4.39 Å². The van der Waals surface area contributed by atoms with Gasteiger partial charge in [-0.05, 0) is 60.7 Å². The Morgan fingerprint density at radius 2 is 1.92 bits per heavy atom. The van der Waals surface area contributed by atoms with Crippen LogP contribution in [0.1, 0.15) is 36.3 Å². The van der Waals surface area contributed by atoms with Crippen LogP contribution in [0.15, 0.2) is 42.5 Å². The maximum absolute atomic E-state index is 14.2. The molecule has 0 spiro atoms. The first-order valence-corrected chi connectivity index (χ1v) is 9.14. The highest BCUT2D eigenvalue weighted by molar-refractivity contribution is 7.19. The predicted molar refractivity (Wildman–Crippen MR) is 102 cm³/mol. The molecule has 2 aromatic carbocycles. The molecule has 0 saturated carbocycles. The first-order chi connectivity index (χ1) is 11.7. The van der Waals surface area contributed by atoms with Gasteiger partial charge < -0.3 is 4.74 Å². The van der Waals surface area contributed by atoms with E-state index in [2.05, 4.69) is 25.1 Å². The molecule has 0 N–H and O–H groups in total. The molecular weight excluding hydrogens is 319 g/mol. The molecule has 1 heterocycles. The van der Waals surface area contributed by atoms with Crippen molar-refractivity contribution < 1.29 is 9.13 Å². The van der Waals surface area contributed by atoms with Crippen molar-refractivity contribution in [3.05, 3.63) is 64.3 Å². The normalized spacial score (nSPS) is 11.5. The summed E-state index contributed by atoms with van der Waals surface area (Å²) in [6, 6.07) is 13.7. The maximum Gasteiger partial charge on any atom is 0.130 e. The molecule has 0 unspecified atom stereocenters. The van der Waals surface area contributed by atoms with Crippen molar-refractivity contribution in [2.24, 2.45) is 0 Å². The highest BCUT2D eigenvalue weighted by atomic mass is 32.1. The second kappa shape index (κ2) is 7.63. The SMILES string of the molecule is CCCc1ccc(/C=C/c2cc3ccc(OCC)cc3s2)c(F)c1. The molecule has 1 aromatic heterocycles. The Kier molecular flexibility index (Phi) is 5.31. The average molecular weight is 340 g/mol. The van der Waals surface area contributed by atoms with Crippen LogP contribution in [0.3, 0.4) is 0 Å². The predicted octanol–water partition coefficient (Wildman–Crippen LogP) is 6.56. The van der Waals surface area contributed by atoms with E-state index < -0.39 is 0 Å². The minimum Gasteiger partial charge on any atom is -0.494 e. The van der Waals surface area contributed by atoms with Crippen molar-refractivity contribution in [3.8, 4) is 5.75 Å². The van der Waals surface area contributed by atoms with Gasteiger partial charge in [-0.25, -0.2) is 4.39 Å². The van der Waals surface area contributed by atoms with Gasteiger partial charge in [0.05, 0.1) is 6.61 Å². The Morgan fingerprint density at radius 3 is 2.67 bits per heavy atom. The van der Waals surface area contributed by atoms with Crippen LogP contribution < -0.4 is 4.74 Å². The van der Waals surface area contributed by atoms with E-state index in [0.29, 0.717) is 12.2 Å². The summed E-state index contributed by atoms with van der Waals surface area (Å²) in [5, 5.41) is 1.18. The standard InChI is InChI=1S/C21H21FOS/c1-3-5-15-6-7-16(20(22)12-15)9-11-19-13-17-8-10-18(23-4-2)14-21(17)24-19/h6-14H,3-5H2,1-2H3/b11-9+. The smallest absolute Gasteiger partial charge is 0.130 e. The summed E-state index contributed by atoms with van der Waals surface area (Å²) in [7, 11) is 0. The van der Waals surface area contributed by atoms with Crippen LogP contribution in [-0.2, 0) is 6.42 Å². The maximum atomic E-state index is 14.2. The van der Waals surface area contributed by atoms with Crippen LogP contribution in [0, 0.1) is 5.82 Å². The summed E-state index contributed by atoms with van der Waals surface area (Å²) in [5.74, 6) is 0.733. The lowest BCUT2D eigenvalue weighted by Gasteiger charge is -2.01. The van der Waals surface area contributed by atoms with E-state index in [1.165, 1.54) is 10.1 Å². The van der Waals surface area contributed by atoms with Crippen molar-refractivity contribution >= 4 is 33.6 Å². The third kappa shape index (κ3) is 3.85. The van der Waals surface area contributed by atoms with Gasteiger partial charge in [0.15, 0.2) is 0 Å². The molecule has 0 aliphatic carbocycles. The van der Waals surface area contributed by atoms with Gasteiger partial charge in [-0.1, -0.05) is 31.6 Å². The molecule has 3 rings (SSSR count). The van der Waals surface area contributed by atoms with Crippen LogP contribution in [0.5, 0.6) is 5.75 Å². The highest BCUT2D eigenvalue weighted by Crippen LogP contribution is 2.30. The topological polar surface area (TPSA) is 9.23 Å². The molecule has 3 heteroatoms. The lowest BCUT2D eigenvalue weighted by atomic mass is 10.1. The third-order valence-electron chi connectivity index (χ3n) is 3.85. The van der Waals surface area contributed by atoms with Crippen LogP contribution in [0.25, 0.3) is 22.2 Å². The third-order valence-corrected chi connectivity index (χ3v) is 4.92. The summed E-state index contributed by atoms with van der Waals surface area (Å²) in [4.78, 5) is 1.11. The fourth-order valence-corrected chi connectivity index (χ4v) is 3.69. The Bertz CT molecular complexity index is 863. The molecule has 3 aromatic rings. The van der Waals surface area contributed by atoms with Crippen LogP contribution >= 0.6 is 11.3 Å². The van der Waals surface area contributed by atoms with Gasteiger partial charge in [0, 0.05) is 15.1 Å². The Labute approximate surface area is 146 Å². The van der Waals surface area contributed by atoms with Crippen molar-refractivity contribution in [2.45, 2.75) is 26.7 Å². The van der Waals surface area contributed by atoms with E-state index in [1.807, 2.05) is 37.3 Å². The molecule has 124 valence electrons. The zero-order valence-electron chi connectivity index (χ0n) is 14.0. The molecule has 0 aliphatic heterocycles. The van der Waals surface area contributed by atoms with Crippen LogP contribution in [0.4, 0.5) is 4.39 Å². The van der Waals surface area contributed by atoms with E-state index in [0.717, 1.165) is 29.0 Å². The van der Waals surface area contributed by atoms with Gasteiger partial charge in [0.1, 0.15) is 11.6 Å². The number of fused-ring (bicyclic) bond motifs is 1. The molecule has 0 amide bonds. The molecule has 24 heavy (non-hydrogen) atoms. The molecule has 0 bridgehead atoms. The largest absolute Gasteiger partial charge is 0.494 e. The summed E-state index contributed by atoms with van der Waals surface area (Å²) < 4.78 is 20.9. The molecule has 0 atom stereocenters. The van der Waals surface area contributed by atoms with Crippen molar-refractivity contribution in [1.82, 2.24) is 0 Å². The molecule has 0 saturated heterocycles. The number of rotatable bonds is 6. The number of benzene rings is 2. The monoisotopic (exact) mass is 340 g/mol. The molecule has 1 nitrogen and oxygen atoms in total. The van der Waals surface area contributed by atoms with Crippen molar-refractivity contribution in [3.63, 3.8) is 0 Å². The first kappa shape index (κ1) is 16.7. The van der Waals surface area contributed by atoms with Gasteiger partial charge >= 0.3 is 0 Å². The number of ether oxygens (including phenoxy) is 1. The molecule has 0 radical (unpaired) electrons. The number of aryl methyl sites for hydroxylation is 1. The zero-order chi connectivity index (χ0) is 16.9. The summed E-state index contributed by atoms with van der Waals surface area (Å²) in [5.41, 5.74) is 1.68. The van der Waals surface area contributed by atoms with Gasteiger partial charge in [0.2, 0.25) is 0 Å². The number of hydrogen-bond donors (Lipinski definition) is 0. The second-order valence-electron chi connectivity index (χ2n) is 5.72. The Morgan fingerprint density at radius 1 is 1.04 bits per heavy atom. The molecular formula is C21H21FOS.